The maximum absolute atomic E-state index is 12.1. The van der Waals surface area contributed by atoms with E-state index in [1.807, 2.05) is 0 Å². The molecule has 1 rings (SSSR count). The van der Waals surface area contributed by atoms with Gasteiger partial charge in [-0.2, -0.15) is 4.72 Å². The Hall–Kier alpha value is -1.45. The zero-order valence-corrected chi connectivity index (χ0v) is 12.7. The van der Waals surface area contributed by atoms with E-state index in [9.17, 15) is 18.0 Å². The van der Waals surface area contributed by atoms with Crippen molar-refractivity contribution in [2.45, 2.75) is 24.1 Å². The lowest BCUT2D eigenvalue weighted by molar-refractivity contribution is -0.140. The zero-order valence-electron chi connectivity index (χ0n) is 11.1. The summed E-state index contributed by atoms with van der Waals surface area (Å²) in [6, 6.07) is 1.32. The number of carboxylic acids is 1. The van der Waals surface area contributed by atoms with Crippen molar-refractivity contribution in [2.24, 2.45) is 5.92 Å². The number of esters is 1. The number of sulfonamides is 1. The Kier molecular flexibility index (Phi) is 5.26. The molecule has 1 heterocycles. The summed E-state index contributed by atoms with van der Waals surface area (Å²) in [5.41, 5.74) is 0. The van der Waals surface area contributed by atoms with E-state index in [-0.39, 0.29) is 9.09 Å². The number of rotatable bonds is 6. The first-order valence-corrected chi connectivity index (χ1v) is 7.92. The van der Waals surface area contributed by atoms with Gasteiger partial charge in [-0.15, -0.1) is 11.3 Å². The predicted octanol–water partition coefficient (Wildman–Crippen LogP) is 0.922. The van der Waals surface area contributed by atoms with Crippen molar-refractivity contribution >= 4 is 33.3 Å². The third-order valence-electron chi connectivity index (χ3n) is 2.45. The number of carbonyl (C=O) groups excluding carboxylic acids is 1. The number of carboxylic acid groups (broad SMARTS) is 1. The predicted molar refractivity (Wildman–Crippen MR) is 72.2 cm³/mol. The minimum absolute atomic E-state index is 0.129. The van der Waals surface area contributed by atoms with Gasteiger partial charge >= 0.3 is 11.9 Å². The highest BCUT2D eigenvalue weighted by atomic mass is 32.2. The van der Waals surface area contributed by atoms with Crippen LogP contribution in [0.4, 0.5) is 0 Å². The molecule has 0 saturated heterocycles. The van der Waals surface area contributed by atoms with Crippen LogP contribution in [0.3, 0.4) is 0 Å². The lowest BCUT2D eigenvalue weighted by Crippen LogP contribution is -2.43. The van der Waals surface area contributed by atoms with Crippen LogP contribution in [0.1, 0.15) is 23.5 Å². The highest BCUT2D eigenvalue weighted by Gasteiger charge is 2.29. The molecule has 112 valence electrons. The number of hydrogen-bond acceptors (Lipinski definition) is 6. The second-order valence-corrected chi connectivity index (χ2v) is 7.32. The molecule has 0 aliphatic rings. The molecule has 0 bridgehead atoms. The number of thiophene rings is 1. The van der Waals surface area contributed by atoms with E-state index in [0.717, 1.165) is 11.3 Å². The van der Waals surface area contributed by atoms with E-state index in [2.05, 4.69) is 9.46 Å². The van der Waals surface area contributed by atoms with E-state index in [0.29, 0.717) is 0 Å². The van der Waals surface area contributed by atoms with Crippen LogP contribution in [-0.4, -0.2) is 38.6 Å². The van der Waals surface area contributed by atoms with E-state index >= 15 is 0 Å². The van der Waals surface area contributed by atoms with E-state index in [1.54, 1.807) is 13.8 Å². The van der Waals surface area contributed by atoms with E-state index < -0.39 is 33.9 Å². The van der Waals surface area contributed by atoms with E-state index in [4.69, 9.17) is 5.11 Å². The summed E-state index contributed by atoms with van der Waals surface area (Å²) >= 11 is 0.720. The highest BCUT2D eigenvalue weighted by Crippen LogP contribution is 2.23. The van der Waals surface area contributed by atoms with Gasteiger partial charge in [0.05, 0.1) is 7.11 Å². The van der Waals surface area contributed by atoms with Crippen LogP contribution in [0.15, 0.2) is 16.3 Å². The fourth-order valence-corrected chi connectivity index (χ4v) is 3.95. The van der Waals surface area contributed by atoms with Gasteiger partial charge in [-0.25, -0.2) is 13.2 Å². The molecule has 0 spiro atoms. The Bertz CT molecular complexity index is 604. The average Bonchev–Trinajstić information content (AvgIpc) is 2.84. The highest BCUT2D eigenvalue weighted by molar-refractivity contribution is 7.91. The lowest BCUT2D eigenvalue weighted by Gasteiger charge is -2.17. The molecule has 7 nitrogen and oxygen atoms in total. The summed E-state index contributed by atoms with van der Waals surface area (Å²) in [4.78, 5) is 22.4. The molecule has 0 saturated carbocycles. The van der Waals surface area contributed by atoms with Crippen LogP contribution in [0.25, 0.3) is 0 Å². The molecule has 0 aromatic carbocycles. The number of aliphatic carboxylic acids is 1. The molecule has 1 atom stereocenters. The first-order valence-electron chi connectivity index (χ1n) is 5.62. The summed E-state index contributed by atoms with van der Waals surface area (Å²) in [6.07, 6.45) is 0. The first kappa shape index (κ1) is 16.6. The van der Waals surface area contributed by atoms with Crippen LogP contribution in [0, 0.1) is 5.92 Å². The summed E-state index contributed by atoms with van der Waals surface area (Å²) in [6.45, 7) is 3.19. The fraction of sp³-hybridized carbons (Fsp3) is 0.455. The molecule has 1 aromatic heterocycles. The van der Waals surface area contributed by atoms with Crippen LogP contribution >= 0.6 is 11.3 Å². The molecule has 2 N–H and O–H groups in total. The lowest BCUT2D eigenvalue weighted by atomic mass is 10.1. The van der Waals surface area contributed by atoms with Gasteiger partial charge < -0.3 is 9.84 Å². The van der Waals surface area contributed by atoms with Crippen molar-refractivity contribution in [2.75, 3.05) is 7.11 Å². The third-order valence-corrected chi connectivity index (χ3v) is 5.45. The van der Waals surface area contributed by atoms with Gasteiger partial charge in [0.15, 0.2) is 0 Å². The number of ether oxygens (including phenoxy) is 1. The summed E-state index contributed by atoms with van der Waals surface area (Å²) in [5, 5.41) is 8.99. The van der Waals surface area contributed by atoms with Crippen molar-refractivity contribution in [3.8, 4) is 0 Å². The average molecular weight is 321 g/mol. The first-order chi connectivity index (χ1) is 9.19. The number of hydrogen-bond donors (Lipinski definition) is 2. The molecule has 0 aliphatic heterocycles. The molecular formula is C11H15NO6S2. The minimum atomic E-state index is -3.99. The molecule has 1 unspecified atom stereocenters. The van der Waals surface area contributed by atoms with Gasteiger partial charge in [-0.05, 0) is 18.1 Å². The van der Waals surface area contributed by atoms with Crippen LogP contribution in [0.5, 0.6) is 0 Å². The zero-order chi connectivity index (χ0) is 15.5. The number of nitrogens with one attached hydrogen (secondary N) is 1. The smallest absolute Gasteiger partial charge is 0.348 e. The monoisotopic (exact) mass is 321 g/mol. The van der Waals surface area contributed by atoms with Crippen molar-refractivity contribution in [1.82, 2.24) is 4.72 Å². The maximum Gasteiger partial charge on any atom is 0.348 e. The van der Waals surface area contributed by atoms with Gasteiger partial charge in [-0.3, -0.25) is 4.79 Å². The minimum Gasteiger partial charge on any atom is -0.480 e. The Balaban J connectivity index is 3.02. The molecule has 9 heteroatoms. The SMILES string of the molecule is COC(=O)c1ccc(S(=O)(=O)NC(C(=O)O)C(C)C)s1. The summed E-state index contributed by atoms with van der Waals surface area (Å²) in [7, 11) is -2.80. The van der Waals surface area contributed by atoms with Crippen molar-refractivity contribution < 1.29 is 27.9 Å². The second-order valence-electron chi connectivity index (χ2n) is 4.29. The van der Waals surface area contributed by atoms with E-state index in [1.165, 1.54) is 19.2 Å². The topological polar surface area (TPSA) is 110 Å². The number of carbonyl (C=O) groups is 2. The van der Waals surface area contributed by atoms with Gasteiger partial charge in [0.25, 0.3) is 10.0 Å². The molecular weight excluding hydrogens is 306 g/mol. The van der Waals surface area contributed by atoms with Crippen LogP contribution in [-0.2, 0) is 19.6 Å². The van der Waals surface area contributed by atoms with Gasteiger partial charge in [0, 0.05) is 0 Å². The molecule has 0 radical (unpaired) electrons. The van der Waals surface area contributed by atoms with Crippen molar-refractivity contribution in [3.05, 3.63) is 17.0 Å². The van der Waals surface area contributed by atoms with Gasteiger partial charge in [-0.1, -0.05) is 13.8 Å². The Morgan fingerprint density at radius 1 is 1.35 bits per heavy atom. The summed E-state index contributed by atoms with van der Waals surface area (Å²) < 4.78 is 30.6. The number of methoxy groups -OCH3 is 1. The van der Waals surface area contributed by atoms with Crippen molar-refractivity contribution in [3.63, 3.8) is 0 Å². The van der Waals surface area contributed by atoms with Crippen LogP contribution < -0.4 is 4.72 Å². The normalized spacial score (nSPS) is 13.2. The largest absolute Gasteiger partial charge is 0.480 e. The van der Waals surface area contributed by atoms with Gasteiger partial charge in [0.2, 0.25) is 0 Å². The molecule has 0 fully saturated rings. The van der Waals surface area contributed by atoms with Gasteiger partial charge in [0.1, 0.15) is 15.1 Å². The van der Waals surface area contributed by atoms with Crippen molar-refractivity contribution in [1.29, 1.82) is 0 Å². The Morgan fingerprint density at radius 2 is 1.95 bits per heavy atom. The Morgan fingerprint density at radius 3 is 2.40 bits per heavy atom. The Labute approximate surface area is 120 Å². The second kappa shape index (κ2) is 6.33. The third kappa shape index (κ3) is 3.78. The maximum atomic E-state index is 12.1. The molecule has 1 aromatic rings. The molecule has 0 amide bonds. The quantitative estimate of drug-likeness (QED) is 0.754. The fourth-order valence-electron chi connectivity index (χ4n) is 1.37. The van der Waals surface area contributed by atoms with Crippen LogP contribution in [0.2, 0.25) is 0 Å². The standard InChI is InChI=1S/C11H15NO6S2/c1-6(2)9(10(13)14)12-20(16,17)8-5-4-7(19-8)11(15)18-3/h4-6,9,12H,1-3H3,(H,13,14). The summed E-state index contributed by atoms with van der Waals surface area (Å²) in [5.74, 6) is -2.31. The molecule has 0 aliphatic carbocycles. The molecule has 20 heavy (non-hydrogen) atoms.